The Morgan fingerprint density at radius 3 is 2.50 bits per heavy atom. The van der Waals surface area contributed by atoms with E-state index in [-0.39, 0.29) is 10.7 Å². The smallest absolute Gasteiger partial charge is 0.275 e. The number of aromatic nitrogens is 2. The largest absolute Gasteiger partial charge is 0.321 e. The van der Waals surface area contributed by atoms with E-state index in [0.29, 0.717) is 5.69 Å². The summed E-state index contributed by atoms with van der Waals surface area (Å²) in [7, 11) is -3.62. The summed E-state index contributed by atoms with van der Waals surface area (Å²) >= 11 is 5.88. The number of amides is 1. The van der Waals surface area contributed by atoms with Gasteiger partial charge in [0, 0.05) is 11.9 Å². The highest BCUT2D eigenvalue weighted by Crippen LogP contribution is 2.18. The van der Waals surface area contributed by atoms with Crippen LogP contribution in [0.3, 0.4) is 0 Å². The van der Waals surface area contributed by atoms with Crippen molar-refractivity contribution in [3.63, 3.8) is 0 Å². The van der Waals surface area contributed by atoms with Crippen LogP contribution >= 0.6 is 11.6 Å². The van der Waals surface area contributed by atoms with Crippen LogP contribution in [-0.4, -0.2) is 30.5 Å². The Morgan fingerprint density at radius 1 is 1.23 bits per heavy atom. The van der Waals surface area contributed by atoms with Crippen LogP contribution in [0.4, 0.5) is 5.69 Å². The third-order valence-corrected chi connectivity index (χ3v) is 4.17. The van der Waals surface area contributed by atoms with Gasteiger partial charge in [0.15, 0.2) is 5.69 Å². The van der Waals surface area contributed by atoms with Crippen LogP contribution in [0.5, 0.6) is 0 Å². The Kier molecular flexibility index (Phi) is 4.48. The SMILES string of the molecule is Cc1ccc(NC(=O)c2nc(S(C)(=O)=O)ncc2Cl)cc1C. The maximum Gasteiger partial charge on any atom is 0.275 e. The topological polar surface area (TPSA) is 89.0 Å². The van der Waals surface area contributed by atoms with E-state index < -0.39 is 20.9 Å². The number of anilines is 1. The van der Waals surface area contributed by atoms with Crippen molar-refractivity contribution in [2.75, 3.05) is 11.6 Å². The van der Waals surface area contributed by atoms with Gasteiger partial charge in [0.05, 0.1) is 11.2 Å². The molecule has 0 aliphatic heterocycles. The molecule has 0 fully saturated rings. The summed E-state index contributed by atoms with van der Waals surface area (Å²) in [6, 6.07) is 5.42. The van der Waals surface area contributed by atoms with Gasteiger partial charge in [-0.3, -0.25) is 4.79 Å². The summed E-state index contributed by atoms with van der Waals surface area (Å²) in [6.07, 6.45) is 2.06. The fourth-order valence-electron chi connectivity index (χ4n) is 1.70. The van der Waals surface area contributed by atoms with Gasteiger partial charge in [-0.15, -0.1) is 0 Å². The van der Waals surface area contributed by atoms with Crippen LogP contribution in [0.15, 0.2) is 29.6 Å². The van der Waals surface area contributed by atoms with E-state index >= 15 is 0 Å². The highest BCUT2D eigenvalue weighted by Gasteiger charge is 2.19. The maximum atomic E-state index is 12.2. The van der Waals surface area contributed by atoms with Crippen LogP contribution in [0.2, 0.25) is 5.02 Å². The number of nitrogens with zero attached hydrogens (tertiary/aromatic N) is 2. The first kappa shape index (κ1) is 16.4. The van der Waals surface area contributed by atoms with E-state index in [9.17, 15) is 13.2 Å². The maximum absolute atomic E-state index is 12.2. The Bertz CT molecular complexity index is 850. The number of carbonyl (C=O) groups excluding carboxylic acids is 1. The zero-order valence-corrected chi connectivity index (χ0v) is 13.8. The predicted octanol–water partition coefficient (Wildman–Crippen LogP) is 2.40. The molecule has 116 valence electrons. The van der Waals surface area contributed by atoms with E-state index in [1.807, 2.05) is 19.9 Å². The van der Waals surface area contributed by atoms with Crippen LogP contribution < -0.4 is 5.32 Å². The molecule has 0 spiro atoms. The van der Waals surface area contributed by atoms with E-state index in [2.05, 4.69) is 15.3 Å². The molecule has 0 radical (unpaired) electrons. The summed E-state index contributed by atoms with van der Waals surface area (Å²) in [5.41, 5.74) is 2.50. The third kappa shape index (κ3) is 3.61. The molecule has 0 unspecified atom stereocenters. The average molecular weight is 340 g/mol. The minimum atomic E-state index is -3.62. The number of rotatable bonds is 3. The van der Waals surface area contributed by atoms with Crippen molar-refractivity contribution in [3.05, 3.63) is 46.2 Å². The second kappa shape index (κ2) is 6.02. The summed E-state index contributed by atoms with van der Waals surface area (Å²) in [4.78, 5) is 19.6. The summed E-state index contributed by atoms with van der Waals surface area (Å²) in [6.45, 7) is 3.88. The minimum Gasteiger partial charge on any atom is -0.321 e. The van der Waals surface area contributed by atoms with Crippen LogP contribution in [0, 0.1) is 13.8 Å². The van der Waals surface area contributed by atoms with Crippen LogP contribution in [0.25, 0.3) is 0 Å². The van der Waals surface area contributed by atoms with Gasteiger partial charge in [-0.25, -0.2) is 18.4 Å². The Morgan fingerprint density at radius 2 is 1.91 bits per heavy atom. The number of halogens is 1. The van der Waals surface area contributed by atoms with E-state index in [0.717, 1.165) is 23.6 Å². The van der Waals surface area contributed by atoms with Crippen molar-refractivity contribution >= 4 is 33.0 Å². The van der Waals surface area contributed by atoms with E-state index in [1.54, 1.807) is 12.1 Å². The predicted molar refractivity (Wildman–Crippen MR) is 84.0 cm³/mol. The molecule has 0 saturated heterocycles. The molecule has 1 heterocycles. The number of carbonyl (C=O) groups is 1. The molecule has 6 nitrogen and oxygen atoms in total. The molecular weight excluding hydrogens is 326 g/mol. The van der Waals surface area contributed by atoms with Gasteiger partial charge in [-0.1, -0.05) is 17.7 Å². The third-order valence-electron chi connectivity index (χ3n) is 3.03. The first-order chi connectivity index (χ1) is 10.2. The Balaban J connectivity index is 2.35. The quantitative estimate of drug-likeness (QED) is 0.867. The number of aryl methyl sites for hydroxylation is 2. The summed E-state index contributed by atoms with van der Waals surface area (Å²) in [5, 5.41) is 2.18. The van der Waals surface area contributed by atoms with Gasteiger partial charge < -0.3 is 5.32 Å². The van der Waals surface area contributed by atoms with Gasteiger partial charge in [0.1, 0.15) is 0 Å². The highest BCUT2D eigenvalue weighted by atomic mass is 35.5. The lowest BCUT2D eigenvalue weighted by Crippen LogP contribution is -2.17. The van der Waals surface area contributed by atoms with Gasteiger partial charge >= 0.3 is 0 Å². The molecule has 1 N–H and O–H groups in total. The Hall–Kier alpha value is -1.99. The second-order valence-electron chi connectivity index (χ2n) is 4.87. The molecule has 1 amide bonds. The monoisotopic (exact) mass is 339 g/mol. The highest BCUT2D eigenvalue weighted by molar-refractivity contribution is 7.90. The molecule has 2 rings (SSSR count). The molecule has 0 bridgehead atoms. The fourth-order valence-corrected chi connectivity index (χ4v) is 2.38. The molecule has 0 aliphatic carbocycles. The lowest BCUT2D eigenvalue weighted by molar-refractivity contribution is 0.102. The van der Waals surface area contributed by atoms with Crippen molar-refractivity contribution in [1.29, 1.82) is 0 Å². The number of sulfone groups is 1. The zero-order chi connectivity index (χ0) is 16.5. The molecule has 0 atom stereocenters. The molecule has 0 saturated carbocycles. The number of hydrogen-bond acceptors (Lipinski definition) is 5. The molecular formula is C14H14ClN3O3S. The summed E-state index contributed by atoms with van der Waals surface area (Å²) < 4.78 is 22.9. The number of hydrogen-bond donors (Lipinski definition) is 1. The fraction of sp³-hybridized carbons (Fsp3) is 0.214. The second-order valence-corrected chi connectivity index (χ2v) is 7.19. The first-order valence-corrected chi connectivity index (χ1v) is 8.56. The van der Waals surface area contributed by atoms with Gasteiger partial charge in [0.2, 0.25) is 15.0 Å². The first-order valence-electron chi connectivity index (χ1n) is 6.29. The standard InChI is InChI=1S/C14H14ClN3O3S/c1-8-4-5-10(6-9(8)2)17-13(19)12-11(15)7-16-14(18-12)22(3,20)21/h4-7H,1-3H3,(H,17,19). The van der Waals surface area contributed by atoms with Gasteiger partial charge in [-0.2, -0.15) is 0 Å². The molecule has 0 aliphatic rings. The minimum absolute atomic E-state index is 0.0197. The van der Waals surface area contributed by atoms with Crippen LogP contribution in [-0.2, 0) is 9.84 Å². The molecule has 1 aromatic carbocycles. The number of benzene rings is 1. The van der Waals surface area contributed by atoms with Gasteiger partial charge in [-0.05, 0) is 37.1 Å². The van der Waals surface area contributed by atoms with Crippen molar-refractivity contribution < 1.29 is 13.2 Å². The number of nitrogens with one attached hydrogen (secondary N) is 1. The van der Waals surface area contributed by atoms with E-state index in [4.69, 9.17) is 11.6 Å². The zero-order valence-electron chi connectivity index (χ0n) is 12.2. The van der Waals surface area contributed by atoms with Crippen molar-refractivity contribution in [2.24, 2.45) is 0 Å². The molecule has 2 aromatic rings. The van der Waals surface area contributed by atoms with E-state index in [1.165, 1.54) is 0 Å². The molecule has 1 aromatic heterocycles. The molecule has 22 heavy (non-hydrogen) atoms. The van der Waals surface area contributed by atoms with Crippen LogP contribution in [0.1, 0.15) is 21.6 Å². The normalized spacial score (nSPS) is 11.3. The van der Waals surface area contributed by atoms with Crippen molar-refractivity contribution in [3.8, 4) is 0 Å². The lowest BCUT2D eigenvalue weighted by Gasteiger charge is -2.08. The van der Waals surface area contributed by atoms with Crippen molar-refractivity contribution in [2.45, 2.75) is 19.0 Å². The Labute approximate surface area is 133 Å². The van der Waals surface area contributed by atoms with Gasteiger partial charge in [0.25, 0.3) is 5.91 Å². The average Bonchev–Trinajstić information content (AvgIpc) is 2.42. The molecule has 8 heteroatoms. The lowest BCUT2D eigenvalue weighted by atomic mass is 10.1. The van der Waals surface area contributed by atoms with Crippen molar-refractivity contribution in [1.82, 2.24) is 9.97 Å². The summed E-state index contributed by atoms with van der Waals surface area (Å²) in [5.74, 6) is -0.597.